The predicted octanol–water partition coefficient (Wildman–Crippen LogP) is 3.37. The number of hydrogen-bond acceptors (Lipinski definition) is 3. The van der Waals surface area contributed by atoms with Gasteiger partial charge in [-0.3, -0.25) is 4.79 Å². The second-order valence-corrected chi connectivity index (χ2v) is 5.14. The zero-order valence-electron chi connectivity index (χ0n) is 11.2. The highest BCUT2D eigenvalue weighted by Gasteiger charge is 2.18. The Morgan fingerprint density at radius 3 is 2.50 bits per heavy atom. The van der Waals surface area contributed by atoms with Crippen LogP contribution in [0.3, 0.4) is 0 Å². The summed E-state index contributed by atoms with van der Waals surface area (Å²) in [5.41, 5.74) is 1.69. The lowest BCUT2D eigenvalue weighted by Gasteiger charge is -2.13. The number of carbonyl (C=O) groups excluding carboxylic acids is 1. The number of nitriles is 1. The van der Waals surface area contributed by atoms with Crippen LogP contribution in [0.5, 0.6) is 0 Å². The maximum absolute atomic E-state index is 11.5. The number of aryl methyl sites for hydroxylation is 1. The van der Waals surface area contributed by atoms with Crippen LogP contribution in [0.4, 0.5) is 0 Å². The molecule has 0 saturated heterocycles. The van der Waals surface area contributed by atoms with Crippen LogP contribution in [0, 0.1) is 23.7 Å². The SMILES string of the molecule is Cc1ccc(COC(=O)CCC(C)(C)C#N)cc1. The number of esters is 1. The first-order valence-electron chi connectivity index (χ1n) is 6.05. The molecule has 0 heterocycles. The molecular formula is C15H19NO2. The number of hydrogen-bond donors (Lipinski definition) is 0. The number of rotatable bonds is 5. The van der Waals surface area contributed by atoms with Crippen molar-refractivity contribution < 1.29 is 9.53 Å². The van der Waals surface area contributed by atoms with Gasteiger partial charge in [0.1, 0.15) is 6.61 Å². The van der Waals surface area contributed by atoms with E-state index in [2.05, 4.69) is 6.07 Å². The molecule has 0 atom stereocenters. The third-order valence-electron chi connectivity index (χ3n) is 2.78. The monoisotopic (exact) mass is 245 g/mol. The lowest BCUT2D eigenvalue weighted by molar-refractivity contribution is -0.145. The van der Waals surface area contributed by atoms with Gasteiger partial charge in [0.05, 0.1) is 11.5 Å². The predicted molar refractivity (Wildman–Crippen MR) is 69.6 cm³/mol. The van der Waals surface area contributed by atoms with Crippen LogP contribution in [0.15, 0.2) is 24.3 Å². The summed E-state index contributed by atoms with van der Waals surface area (Å²) in [5, 5.41) is 8.84. The van der Waals surface area contributed by atoms with Gasteiger partial charge in [-0.05, 0) is 32.8 Å². The first kappa shape index (κ1) is 14.2. The zero-order valence-corrected chi connectivity index (χ0v) is 11.2. The summed E-state index contributed by atoms with van der Waals surface area (Å²) in [6.45, 7) is 5.95. The molecule has 3 nitrogen and oxygen atoms in total. The molecule has 18 heavy (non-hydrogen) atoms. The van der Waals surface area contributed by atoms with Gasteiger partial charge >= 0.3 is 5.97 Å². The van der Waals surface area contributed by atoms with Crippen molar-refractivity contribution in [1.82, 2.24) is 0 Å². The van der Waals surface area contributed by atoms with Crippen LogP contribution >= 0.6 is 0 Å². The van der Waals surface area contributed by atoms with E-state index in [0.717, 1.165) is 5.56 Å². The summed E-state index contributed by atoms with van der Waals surface area (Å²) >= 11 is 0. The minimum absolute atomic E-state index is 0.251. The molecule has 0 unspecified atom stereocenters. The van der Waals surface area contributed by atoms with Gasteiger partial charge in [0.2, 0.25) is 0 Å². The number of carbonyl (C=O) groups is 1. The van der Waals surface area contributed by atoms with E-state index in [4.69, 9.17) is 10.00 Å². The molecule has 0 fully saturated rings. The molecular weight excluding hydrogens is 226 g/mol. The normalized spacial score (nSPS) is 10.8. The number of benzene rings is 1. The van der Waals surface area contributed by atoms with Crippen molar-refractivity contribution in [3.63, 3.8) is 0 Å². The smallest absolute Gasteiger partial charge is 0.306 e. The second kappa shape index (κ2) is 6.20. The Hall–Kier alpha value is -1.82. The molecule has 0 spiro atoms. The molecule has 0 bridgehead atoms. The minimum Gasteiger partial charge on any atom is -0.461 e. The van der Waals surface area contributed by atoms with Gasteiger partial charge in [0, 0.05) is 6.42 Å². The Morgan fingerprint density at radius 1 is 1.33 bits per heavy atom. The molecule has 1 aromatic rings. The van der Waals surface area contributed by atoms with Crippen molar-refractivity contribution in [2.24, 2.45) is 5.41 Å². The van der Waals surface area contributed by atoms with E-state index in [-0.39, 0.29) is 12.4 Å². The van der Waals surface area contributed by atoms with E-state index in [1.54, 1.807) is 0 Å². The van der Waals surface area contributed by atoms with Gasteiger partial charge in [-0.2, -0.15) is 5.26 Å². The highest BCUT2D eigenvalue weighted by molar-refractivity contribution is 5.69. The minimum atomic E-state index is -0.469. The van der Waals surface area contributed by atoms with E-state index in [1.807, 2.05) is 45.0 Å². The third kappa shape index (κ3) is 5.01. The summed E-state index contributed by atoms with van der Waals surface area (Å²) in [6, 6.07) is 10.0. The van der Waals surface area contributed by atoms with E-state index >= 15 is 0 Å². The molecule has 0 saturated carbocycles. The molecule has 0 amide bonds. The molecule has 0 aliphatic carbocycles. The van der Waals surface area contributed by atoms with Crippen molar-refractivity contribution in [2.75, 3.05) is 0 Å². The summed E-state index contributed by atoms with van der Waals surface area (Å²) in [4.78, 5) is 11.5. The van der Waals surface area contributed by atoms with Gasteiger partial charge in [0.25, 0.3) is 0 Å². The zero-order chi connectivity index (χ0) is 13.6. The van der Waals surface area contributed by atoms with Crippen LogP contribution < -0.4 is 0 Å². The fraction of sp³-hybridized carbons (Fsp3) is 0.467. The molecule has 0 aromatic heterocycles. The average Bonchev–Trinajstić information content (AvgIpc) is 2.36. The van der Waals surface area contributed by atoms with Crippen molar-refractivity contribution >= 4 is 5.97 Å². The Bertz CT molecular complexity index is 441. The highest BCUT2D eigenvalue weighted by atomic mass is 16.5. The van der Waals surface area contributed by atoms with Gasteiger partial charge in [0.15, 0.2) is 0 Å². The van der Waals surface area contributed by atoms with E-state index < -0.39 is 5.41 Å². The van der Waals surface area contributed by atoms with Crippen LogP contribution in [-0.4, -0.2) is 5.97 Å². The molecule has 0 aliphatic heterocycles. The quantitative estimate of drug-likeness (QED) is 0.747. The summed E-state index contributed by atoms with van der Waals surface area (Å²) in [7, 11) is 0. The van der Waals surface area contributed by atoms with Crippen molar-refractivity contribution in [3.8, 4) is 6.07 Å². The Labute approximate surface area is 108 Å². The second-order valence-electron chi connectivity index (χ2n) is 5.14. The average molecular weight is 245 g/mol. The summed E-state index contributed by atoms with van der Waals surface area (Å²) < 4.78 is 5.16. The fourth-order valence-electron chi connectivity index (χ4n) is 1.39. The van der Waals surface area contributed by atoms with Crippen LogP contribution in [0.1, 0.15) is 37.8 Å². The standard InChI is InChI=1S/C15H19NO2/c1-12-4-6-13(7-5-12)10-18-14(17)8-9-15(2,3)11-16/h4-7H,8-10H2,1-3H3. The fourth-order valence-corrected chi connectivity index (χ4v) is 1.39. The molecule has 0 N–H and O–H groups in total. The Kier molecular flexibility index (Phi) is 4.91. The third-order valence-corrected chi connectivity index (χ3v) is 2.78. The van der Waals surface area contributed by atoms with Gasteiger partial charge in [-0.25, -0.2) is 0 Å². The molecule has 96 valence electrons. The maximum atomic E-state index is 11.5. The van der Waals surface area contributed by atoms with E-state index in [1.165, 1.54) is 5.56 Å². The number of ether oxygens (including phenoxy) is 1. The van der Waals surface area contributed by atoms with Crippen molar-refractivity contribution in [1.29, 1.82) is 5.26 Å². The molecule has 0 aliphatic rings. The van der Waals surface area contributed by atoms with Gasteiger partial charge < -0.3 is 4.74 Å². The lowest BCUT2D eigenvalue weighted by Crippen LogP contribution is -2.12. The summed E-state index contributed by atoms with van der Waals surface area (Å²) in [6.07, 6.45) is 0.808. The van der Waals surface area contributed by atoms with Gasteiger partial charge in [-0.1, -0.05) is 29.8 Å². The van der Waals surface area contributed by atoms with Crippen LogP contribution in [0.2, 0.25) is 0 Å². The van der Waals surface area contributed by atoms with Crippen LogP contribution in [0.25, 0.3) is 0 Å². The van der Waals surface area contributed by atoms with E-state index in [0.29, 0.717) is 13.0 Å². The number of nitrogens with zero attached hydrogens (tertiary/aromatic N) is 1. The largest absolute Gasteiger partial charge is 0.461 e. The Balaban J connectivity index is 2.34. The lowest BCUT2D eigenvalue weighted by atomic mass is 9.90. The maximum Gasteiger partial charge on any atom is 0.306 e. The van der Waals surface area contributed by atoms with Crippen molar-refractivity contribution in [3.05, 3.63) is 35.4 Å². The highest BCUT2D eigenvalue weighted by Crippen LogP contribution is 2.21. The van der Waals surface area contributed by atoms with Crippen molar-refractivity contribution in [2.45, 2.75) is 40.2 Å². The molecule has 0 radical (unpaired) electrons. The van der Waals surface area contributed by atoms with Crippen LogP contribution in [-0.2, 0) is 16.1 Å². The first-order valence-corrected chi connectivity index (χ1v) is 6.05. The van der Waals surface area contributed by atoms with Gasteiger partial charge in [-0.15, -0.1) is 0 Å². The molecule has 1 rings (SSSR count). The molecule has 1 aromatic carbocycles. The topological polar surface area (TPSA) is 50.1 Å². The first-order chi connectivity index (χ1) is 8.43. The Morgan fingerprint density at radius 2 is 1.94 bits per heavy atom. The van der Waals surface area contributed by atoms with E-state index in [9.17, 15) is 4.79 Å². The molecule has 3 heteroatoms. The summed E-state index contributed by atoms with van der Waals surface area (Å²) in [5.74, 6) is -0.251.